The van der Waals surface area contributed by atoms with Crippen LogP contribution in [0.2, 0.25) is 0 Å². The average molecular weight is 496 g/mol. The number of urea groups is 1. The van der Waals surface area contributed by atoms with Gasteiger partial charge in [0, 0.05) is 31.1 Å². The molecule has 4 N–H and O–H groups in total. The summed E-state index contributed by atoms with van der Waals surface area (Å²) in [7, 11) is 0. The molecular formula is C21H28N4O10. The zero-order chi connectivity index (χ0) is 24.9. The van der Waals surface area contributed by atoms with Gasteiger partial charge in [-0.25, -0.2) is 9.59 Å². The van der Waals surface area contributed by atoms with Crippen molar-refractivity contribution in [3.05, 3.63) is 32.6 Å². The van der Waals surface area contributed by atoms with Crippen LogP contribution in [-0.4, -0.2) is 93.8 Å². The topological polar surface area (TPSA) is 182 Å². The van der Waals surface area contributed by atoms with E-state index in [1.807, 2.05) is 0 Å². The third-order valence-corrected chi connectivity index (χ3v) is 7.04. The van der Waals surface area contributed by atoms with E-state index in [1.165, 1.54) is 15.7 Å². The van der Waals surface area contributed by atoms with Crippen molar-refractivity contribution in [3.63, 3.8) is 0 Å². The van der Waals surface area contributed by atoms with Crippen molar-refractivity contribution < 1.29 is 38.7 Å². The van der Waals surface area contributed by atoms with Crippen molar-refractivity contribution in [2.75, 3.05) is 26.6 Å². The van der Waals surface area contributed by atoms with E-state index in [4.69, 9.17) is 18.9 Å². The first-order valence-electron chi connectivity index (χ1n) is 11.4. The van der Waals surface area contributed by atoms with E-state index in [-0.39, 0.29) is 51.4 Å². The van der Waals surface area contributed by atoms with Crippen molar-refractivity contribution in [1.82, 2.24) is 19.8 Å². The number of amides is 3. The number of aromatic amines is 1. The Morgan fingerprint density at radius 2 is 1.94 bits per heavy atom. The van der Waals surface area contributed by atoms with E-state index < -0.39 is 65.5 Å². The van der Waals surface area contributed by atoms with Gasteiger partial charge < -0.3 is 29.2 Å². The Balaban J connectivity index is 1.52. The summed E-state index contributed by atoms with van der Waals surface area (Å²) in [5, 5.41) is 22.5. The third kappa shape index (κ3) is 4.41. The molecule has 0 radical (unpaired) electrons. The SMILES string of the molecule is C[C@@]12Cc3cn(c(=O)[nH]c3=O)[C@H]3C[C@@H](O)[C@@H](COCO[C@@H]4C[C@@H](O[C@@H]4CO)N(C1)C(=O)NC2=O)O3. The van der Waals surface area contributed by atoms with Crippen LogP contribution < -0.4 is 16.6 Å². The van der Waals surface area contributed by atoms with Gasteiger partial charge in [0.25, 0.3) is 5.56 Å². The first-order valence-corrected chi connectivity index (χ1v) is 11.4. The third-order valence-electron chi connectivity index (χ3n) is 7.04. The predicted octanol–water partition coefficient (Wildman–Crippen LogP) is -2.23. The van der Waals surface area contributed by atoms with Crippen LogP contribution >= 0.6 is 0 Å². The van der Waals surface area contributed by atoms with Gasteiger partial charge in [-0.05, 0) is 13.3 Å². The lowest BCUT2D eigenvalue weighted by Crippen LogP contribution is -2.62. The summed E-state index contributed by atoms with van der Waals surface area (Å²) in [6, 6.07) is -0.650. The van der Waals surface area contributed by atoms with Gasteiger partial charge in [0.2, 0.25) is 5.91 Å². The summed E-state index contributed by atoms with van der Waals surface area (Å²) in [6.45, 7) is 0.986. The number of fused-ring (bicyclic) bond motifs is 10. The quantitative estimate of drug-likeness (QED) is 0.332. The van der Waals surface area contributed by atoms with Gasteiger partial charge >= 0.3 is 11.7 Å². The van der Waals surface area contributed by atoms with Gasteiger partial charge in [0.1, 0.15) is 31.5 Å². The molecule has 1 aromatic rings. The van der Waals surface area contributed by atoms with Crippen LogP contribution in [0.1, 0.15) is 31.6 Å². The number of ether oxygens (including phenoxy) is 4. The van der Waals surface area contributed by atoms with E-state index in [0.717, 1.165) is 0 Å². The molecule has 0 unspecified atom stereocenters. The molecule has 0 saturated carbocycles. The van der Waals surface area contributed by atoms with Gasteiger partial charge in [0.05, 0.1) is 30.8 Å². The van der Waals surface area contributed by atoms with E-state index in [0.29, 0.717) is 0 Å². The maximum atomic E-state index is 12.9. The summed E-state index contributed by atoms with van der Waals surface area (Å²) in [6.07, 6.45) is -3.06. The number of aliphatic hydroxyl groups is 2. The van der Waals surface area contributed by atoms with Crippen molar-refractivity contribution >= 4 is 11.9 Å². The standard InChI is InChI=1S/C21H28N4O10/c1-21-4-10-5-24(19(30)22-17(10)28)15-2-11(27)14(35-15)7-32-9-33-12-3-16(34-13(12)6-26)25(8-21)20(31)23-18(21)29/h5,11-16,26-27H,2-4,6-9H2,1H3,(H,22,28,30)(H,23,29,31)/t11-,12-,13-,14-,15-,16-,21-/m1/s1. The molecule has 4 aliphatic heterocycles. The summed E-state index contributed by atoms with van der Waals surface area (Å²) in [4.78, 5) is 54.3. The maximum absolute atomic E-state index is 12.9. The number of hydrogen-bond donors (Lipinski definition) is 4. The highest BCUT2D eigenvalue weighted by molar-refractivity contribution is 6.00. The number of imide groups is 1. The molecule has 7 atom stereocenters. The summed E-state index contributed by atoms with van der Waals surface area (Å²) in [5.41, 5.74) is -2.46. The summed E-state index contributed by atoms with van der Waals surface area (Å²) < 4.78 is 24.1. The Hall–Kier alpha value is -2.62. The minimum atomic E-state index is -1.23. The van der Waals surface area contributed by atoms with E-state index >= 15 is 0 Å². The fraction of sp³-hybridized carbons (Fsp3) is 0.714. The maximum Gasteiger partial charge on any atom is 0.330 e. The zero-order valence-corrected chi connectivity index (χ0v) is 19.0. The summed E-state index contributed by atoms with van der Waals surface area (Å²) >= 11 is 0. The van der Waals surface area contributed by atoms with Gasteiger partial charge in [-0.1, -0.05) is 0 Å². The molecule has 14 heteroatoms. The molecule has 8 bridgehead atoms. The van der Waals surface area contributed by atoms with Gasteiger partial charge in [-0.2, -0.15) is 0 Å². The number of hydrogen-bond acceptors (Lipinski definition) is 10. The van der Waals surface area contributed by atoms with Crippen LogP contribution in [0.3, 0.4) is 0 Å². The Kier molecular flexibility index (Phi) is 6.27. The molecule has 3 fully saturated rings. The second kappa shape index (κ2) is 9.11. The molecule has 0 aliphatic carbocycles. The molecule has 5 rings (SSSR count). The Morgan fingerprint density at radius 3 is 2.71 bits per heavy atom. The second-order valence-electron chi connectivity index (χ2n) is 9.62. The highest BCUT2D eigenvalue weighted by atomic mass is 16.7. The minimum absolute atomic E-state index is 0.0233. The summed E-state index contributed by atoms with van der Waals surface area (Å²) in [5.74, 6) is -0.570. The molecular weight excluding hydrogens is 468 g/mol. The number of carbonyl (C=O) groups excluding carboxylic acids is 2. The van der Waals surface area contributed by atoms with Crippen molar-refractivity contribution in [1.29, 1.82) is 0 Å². The predicted molar refractivity (Wildman–Crippen MR) is 114 cm³/mol. The smallest absolute Gasteiger partial charge is 0.330 e. The van der Waals surface area contributed by atoms with Crippen molar-refractivity contribution in [2.45, 2.75) is 63.1 Å². The monoisotopic (exact) mass is 496 g/mol. The van der Waals surface area contributed by atoms with E-state index in [1.54, 1.807) is 6.92 Å². The van der Waals surface area contributed by atoms with Gasteiger partial charge in [-0.3, -0.25) is 29.4 Å². The minimum Gasteiger partial charge on any atom is -0.394 e. The van der Waals surface area contributed by atoms with Crippen LogP contribution in [0.15, 0.2) is 15.8 Å². The lowest BCUT2D eigenvalue weighted by atomic mass is 9.81. The first kappa shape index (κ1) is 24.1. The molecule has 192 valence electrons. The Bertz CT molecular complexity index is 1120. The lowest BCUT2D eigenvalue weighted by Gasteiger charge is -2.41. The van der Waals surface area contributed by atoms with Crippen LogP contribution in [0.4, 0.5) is 4.79 Å². The molecule has 3 saturated heterocycles. The van der Waals surface area contributed by atoms with E-state index in [2.05, 4.69) is 10.3 Å². The molecule has 4 aliphatic rings. The molecule has 0 aromatic carbocycles. The van der Waals surface area contributed by atoms with Crippen molar-refractivity contribution in [2.24, 2.45) is 5.41 Å². The van der Waals surface area contributed by atoms with Crippen LogP contribution in [0, 0.1) is 5.41 Å². The fourth-order valence-electron chi connectivity index (χ4n) is 5.06. The highest BCUT2D eigenvalue weighted by Gasteiger charge is 2.49. The average Bonchev–Trinajstić information content (AvgIpc) is 3.38. The molecule has 14 nitrogen and oxygen atoms in total. The largest absolute Gasteiger partial charge is 0.394 e. The number of nitrogens with zero attached hydrogens (tertiary/aromatic N) is 2. The number of rotatable bonds is 1. The molecule has 5 heterocycles. The number of H-pyrrole nitrogens is 1. The lowest BCUT2D eigenvalue weighted by molar-refractivity contribution is -0.145. The van der Waals surface area contributed by atoms with Gasteiger partial charge in [0.15, 0.2) is 0 Å². The normalized spacial score (nSPS) is 37.7. The van der Waals surface area contributed by atoms with Gasteiger partial charge in [-0.15, -0.1) is 0 Å². The Morgan fingerprint density at radius 1 is 1.14 bits per heavy atom. The first-order chi connectivity index (χ1) is 16.7. The zero-order valence-electron chi connectivity index (χ0n) is 19.0. The molecule has 1 aromatic heterocycles. The highest BCUT2D eigenvalue weighted by Crippen LogP contribution is 2.34. The van der Waals surface area contributed by atoms with Crippen molar-refractivity contribution in [3.8, 4) is 0 Å². The van der Waals surface area contributed by atoms with Crippen LogP contribution in [0.5, 0.6) is 0 Å². The number of aliphatic hydroxyl groups excluding tert-OH is 2. The number of carbonyl (C=O) groups is 2. The number of aromatic nitrogens is 2. The number of nitrogens with one attached hydrogen (secondary N) is 2. The van der Waals surface area contributed by atoms with Crippen LogP contribution in [-0.2, 0) is 30.2 Å². The Labute approximate surface area is 198 Å². The molecule has 35 heavy (non-hydrogen) atoms. The second-order valence-corrected chi connectivity index (χ2v) is 9.62. The molecule has 0 spiro atoms. The van der Waals surface area contributed by atoms with E-state index in [9.17, 15) is 29.4 Å². The molecule has 3 amide bonds. The fourth-order valence-corrected chi connectivity index (χ4v) is 5.06. The van der Waals surface area contributed by atoms with Crippen LogP contribution in [0.25, 0.3) is 0 Å².